The molecule has 6 rings (SSSR count). The van der Waals surface area contributed by atoms with Gasteiger partial charge in [-0.05, 0) is 115 Å². The number of ketones is 1. The number of benzene rings is 1. The second kappa shape index (κ2) is 12.4. The third-order valence-electron chi connectivity index (χ3n) is 15.4. The predicted octanol–water partition coefficient (Wildman–Crippen LogP) is 8.15. The van der Waals surface area contributed by atoms with Crippen molar-refractivity contribution in [2.45, 2.75) is 132 Å². The molecule has 0 aromatic heterocycles. The Labute approximate surface area is 293 Å². The number of allylic oxidation sites excluding steroid dienone is 2. The molecule has 0 bridgehead atoms. The molecule has 49 heavy (non-hydrogen) atoms. The van der Waals surface area contributed by atoms with E-state index in [0.717, 1.165) is 63.4 Å². The van der Waals surface area contributed by atoms with Crippen LogP contribution in [-0.2, 0) is 35.3 Å². The molecule has 5 aliphatic carbocycles. The standard InChI is InChI=1S/C42H59NO6/c1-37(2)31-16-19-42(7)35(40(31,5)18-17-32(37)43-33(45)14-15-34(46)48-8)30(44)24-28-29-25-39(4,21-20-38(29,3)22-23-41(28,42)6)36(47)49-26-27-12-10-9-11-13-27/h9-13,24,29,31-32,35H,14-23,25-26H2,1-8H3,(H,43,45)/t29-,31-,32-,35+,38+,39-,40-,41+,42+/m0/s1. The molecule has 4 fully saturated rings. The van der Waals surface area contributed by atoms with Crippen LogP contribution in [0.25, 0.3) is 0 Å². The molecule has 0 unspecified atom stereocenters. The Balaban J connectivity index is 1.26. The zero-order chi connectivity index (χ0) is 35.6. The number of methoxy groups -OCH3 is 1. The van der Waals surface area contributed by atoms with E-state index >= 15 is 0 Å². The Kier molecular flexibility index (Phi) is 9.05. The highest BCUT2D eigenvalue weighted by Crippen LogP contribution is 2.75. The molecule has 0 saturated heterocycles. The van der Waals surface area contributed by atoms with Crippen molar-refractivity contribution in [2.75, 3.05) is 7.11 Å². The summed E-state index contributed by atoms with van der Waals surface area (Å²) in [6.45, 7) is 16.5. The highest BCUT2D eigenvalue weighted by molar-refractivity contribution is 5.95. The van der Waals surface area contributed by atoms with Crippen molar-refractivity contribution in [3.63, 3.8) is 0 Å². The van der Waals surface area contributed by atoms with Crippen LogP contribution in [0.1, 0.15) is 125 Å². The van der Waals surface area contributed by atoms with Gasteiger partial charge < -0.3 is 14.8 Å². The Morgan fingerprint density at radius 1 is 0.857 bits per heavy atom. The number of fused-ring (bicyclic) bond motifs is 7. The lowest BCUT2D eigenvalue weighted by Crippen LogP contribution is -2.67. The van der Waals surface area contributed by atoms with E-state index < -0.39 is 5.41 Å². The molecule has 4 saturated carbocycles. The summed E-state index contributed by atoms with van der Waals surface area (Å²) in [4.78, 5) is 53.1. The van der Waals surface area contributed by atoms with Crippen molar-refractivity contribution < 1.29 is 28.7 Å². The number of nitrogens with one attached hydrogen (secondary N) is 1. The number of carbonyl (C=O) groups is 4. The zero-order valence-electron chi connectivity index (χ0n) is 31.2. The Morgan fingerprint density at radius 3 is 2.24 bits per heavy atom. The molecule has 0 heterocycles. The number of rotatable bonds is 7. The highest BCUT2D eigenvalue weighted by atomic mass is 16.5. The monoisotopic (exact) mass is 673 g/mol. The fourth-order valence-electron chi connectivity index (χ4n) is 12.1. The fourth-order valence-corrected chi connectivity index (χ4v) is 12.1. The van der Waals surface area contributed by atoms with Gasteiger partial charge in [-0.2, -0.15) is 0 Å². The zero-order valence-corrected chi connectivity index (χ0v) is 31.2. The summed E-state index contributed by atoms with van der Waals surface area (Å²) < 4.78 is 10.7. The smallest absolute Gasteiger partial charge is 0.312 e. The van der Waals surface area contributed by atoms with Gasteiger partial charge in [0, 0.05) is 18.4 Å². The van der Waals surface area contributed by atoms with Crippen LogP contribution >= 0.6 is 0 Å². The molecule has 9 atom stereocenters. The lowest BCUT2D eigenvalue weighted by Gasteiger charge is -2.70. The molecule has 5 aliphatic rings. The maximum Gasteiger partial charge on any atom is 0.312 e. The van der Waals surface area contributed by atoms with Crippen LogP contribution in [0.5, 0.6) is 0 Å². The van der Waals surface area contributed by atoms with Crippen LogP contribution < -0.4 is 5.32 Å². The molecule has 268 valence electrons. The third-order valence-corrected chi connectivity index (χ3v) is 15.4. The van der Waals surface area contributed by atoms with Gasteiger partial charge in [-0.1, -0.05) is 77.4 Å². The first-order valence-electron chi connectivity index (χ1n) is 18.8. The SMILES string of the molecule is COC(=O)CCC(=O)N[C@H]1CC[C@]2(C)[C@H]3C(=O)C=C4[C@@H]5C[C@@](C)(C(=O)OCc6ccccc6)CC[C@]5(C)CC[C@@]4(C)[C@]3(C)CC[C@H]2C1(C)C. The topological polar surface area (TPSA) is 98.8 Å². The van der Waals surface area contributed by atoms with Crippen LogP contribution in [0.3, 0.4) is 0 Å². The first kappa shape index (κ1) is 35.9. The molecule has 0 radical (unpaired) electrons. The third kappa shape index (κ3) is 5.69. The van der Waals surface area contributed by atoms with Crippen molar-refractivity contribution in [2.24, 2.45) is 50.2 Å². The summed E-state index contributed by atoms with van der Waals surface area (Å²) in [6.07, 6.45) is 10.6. The lowest BCUT2D eigenvalue weighted by atomic mass is 9.33. The minimum atomic E-state index is -0.591. The van der Waals surface area contributed by atoms with E-state index in [9.17, 15) is 19.2 Å². The molecule has 1 aromatic carbocycles. The minimum Gasteiger partial charge on any atom is -0.469 e. The summed E-state index contributed by atoms with van der Waals surface area (Å²) in [5.41, 5.74) is 1.000. The maximum atomic E-state index is 14.8. The molecule has 1 amide bonds. The van der Waals surface area contributed by atoms with Gasteiger partial charge in [0.1, 0.15) is 6.61 Å². The first-order valence-corrected chi connectivity index (χ1v) is 18.8. The molecule has 1 N–H and O–H groups in total. The van der Waals surface area contributed by atoms with Gasteiger partial charge in [-0.25, -0.2) is 0 Å². The summed E-state index contributed by atoms with van der Waals surface area (Å²) in [5.74, 6) is -0.0186. The summed E-state index contributed by atoms with van der Waals surface area (Å²) >= 11 is 0. The average Bonchev–Trinajstić information content (AvgIpc) is 3.06. The summed E-state index contributed by atoms with van der Waals surface area (Å²) in [5, 5.41) is 3.27. The van der Waals surface area contributed by atoms with Crippen molar-refractivity contribution >= 4 is 23.6 Å². The maximum absolute atomic E-state index is 14.8. The number of carbonyl (C=O) groups excluding carboxylic acids is 4. The molecular formula is C42H59NO6. The lowest BCUT2D eigenvalue weighted by molar-refractivity contribution is -0.190. The van der Waals surface area contributed by atoms with Crippen molar-refractivity contribution in [3.05, 3.63) is 47.5 Å². The summed E-state index contributed by atoms with van der Waals surface area (Å²) in [7, 11) is 1.34. The first-order chi connectivity index (χ1) is 22.9. The average molecular weight is 674 g/mol. The van der Waals surface area contributed by atoms with Crippen molar-refractivity contribution in [1.82, 2.24) is 5.32 Å². The van der Waals surface area contributed by atoms with Gasteiger partial charge in [0.15, 0.2) is 5.78 Å². The Morgan fingerprint density at radius 2 is 1.55 bits per heavy atom. The predicted molar refractivity (Wildman–Crippen MR) is 189 cm³/mol. The van der Waals surface area contributed by atoms with E-state index in [-0.39, 0.29) is 93.9 Å². The second-order valence-electron chi connectivity index (χ2n) is 18.4. The molecule has 7 heteroatoms. The van der Waals surface area contributed by atoms with Crippen LogP contribution in [0.15, 0.2) is 42.0 Å². The van der Waals surface area contributed by atoms with Gasteiger partial charge >= 0.3 is 11.9 Å². The van der Waals surface area contributed by atoms with Gasteiger partial charge in [-0.3, -0.25) is 19.2 Å². The van der Waals surface area contributed by atoms with Crippen molar-refractivity contribution in [1.29, 1.82) is 0 Å². The van der Waals surface area contributed by atoms with Gasteiger partial charge in [0.05, 0.1) is 18.9 Å². The van der Waals surface area contributed by atoms with E-state index in [1.54, 1.807) is 0 Å². The van der Waals surface area contributed by atoms with Gasteiger partial charge in [-0.15, -0.1) is 0 Å². The molecule has 1 aromatic rings. The molecule has 0 spiro atoms. The Hall–Kier alpha value is -2.96. The van der Waals surface area contributed by atoms with Crippen LogP contribution in [0.4, 0.5) is 0 Å². The minimum absolute atomic E-state index is 0.0163. The van der Waals surface area contributed by atoms with E-state index in [1.807, 2.05) is 30.3 Å². The summed E-state index contributed by atoms with van der Waals surface area (Å²) in [6, 6.07) is 9.86. The second-order valence-corrected chi connectivity index (χ2v) is 18.4. The van der Waals surface area contributed by atoms with Crippen LogP contribution in [0, 0.1) is 50.2 Å². The number of hydrogen-bond donors (Lipinski definition) is 1. The van der Waals surface area contributed by atoms with Gasteiger partial charge in [0.25, 0.3) is 0 Å². The largest absolute Gasteiger partial charge is 0.469 e. The number of amides is 1. The van der Waals surface area contributed by atoms with Crippen molar-refractivity contribution in [3.8, 4) is 0 Å². The van der Waals surface area contributed by atoms with Gasteiger partial charge in [0.2, 0.25) is 5.91 Å². The quantitative estimate of drug-likeness (QED) is 0.294. The molecular weight excluding hydrogens is 614 g/mol. The van der Waals surface area contributed by atoms with E-state index in [4.69, 9.17) is 9.47 Å². The normalized spacial score (nSPS) is 40.7. The number of esters is 2. The van der Waals surface area contributed by atoms with Crippen LogP contribution in [0.2, 0.25) is 0 Å². The van der Waals surface area contributed by atoms with E-state index in [0.29, 0.717) is 0 Å². The van der Waals surface area contributed by atoms with Crippen LogP contribution in [-0.4, -0.2) is 36.8 Å². The number of hydrogen-bond acceptors (Lipinski definition) is 6. The van der Waals surface area contributed by atoms with E-state index in [1.165, 1.54) is 12.7 Å². The Bertz CT molecular complexity index is 1530. The fraction of sp³-hybridized carbons (Fsp3) is 0.714. The molecule has 7 nitrogen and oxygen atoms in total. The van der Waals surface area contributed by atoms with E-state index in [2.05, 4.69) is 59.9 Å². The molecule has 0 aliphatic heterocycles. The highest BCUT2D eigenvalue weighted by Gasteiger charge is 2.70. The number of ether oxygens (including phenoxy) is 2.